The zero-order valence-electron chi connectivity index (χ0n) is 15.7. The number of nitrogens with zero attached hydrogens (tertiary/aromatic N) is 1. The Kier molecular flexibility index (Phi) is 6.86. The van der Waals surface area contributed by atoms with Gasteiger partial charge < -0.3 is 9.64 Å². The molecule has 2 rings (SSSR count). The summed E-state index contributed by atoms with van der Waals surface area (Å²) in [4.78, 5) is 14.2. The molecule has 0 unspecified atom stereocenters. The molecule has 2 aromatic carbocycles. The maximum atomic E-state index is 12.8. The molecule has 27 heavy (non-hydrogen) atoms. The first kappa shape index (κ1) is 21.2. The van der Waals surface area contributed by atoms with Crippen molar-refractivity contribution in [1.29, 1.82) is 0 Å². The molecule has 0 bridgehead atoms. The quantitative estimate of drug-likeness (QED) is 0.759. The number of benzene rings is 2. The van der Waals surface area contributed by atoms with Crippen molar-refractivity contribution >= 4 is 27.5 Å². The second-order valence-electron chi connectivity index (χ2n) is 6.43. The van der Waals surface area contributed by atoms with Crippen molar-refractivity contribution in [3.05, 3.63) is 58.6 Å². The lowest BCUT2D eigenvalue weighted by Gasteiger charge is -2.19. The Balaban J connectivity index is 2.32. The van der Waals surface area contributed by atoms with Crippen molar-refractivity contribution in [2.75, 3.05) is 14.2 Å². The van der Waals surface area contributed by atoms with Crippen LogP contribution >= 0.6 is 11.6 Å². The van der Waals surface area contributed by atoms with Crippen LogP contribution in [-0.2, 0) is 16.6 Å². The van der Waals surface area contributed by atoms with Gasteiger partial charge in [0.25, 0.3) is 5.91 Å². The normalized spacial score (nSPS) is 11.5. The molecular formula is C19H23ClN2O4S. The summed E-state index contributed by atoms with van der Waals surface area (Å²) in [6.07, 6.45) is 0. The Morgan fingerprint density at radius 3 is 2.52 bits per heavy atom. The summed E-state index contributed by atoms with van der Waals surface area (Å²) < 4.78 is 32.8. The second-order valence-corrected chi connectivity index (χ2v) is 8.55. The number of sulfonamides is 1. The highest BCUT2D eigenvalue weighted by Gasteiger charge is 2.23. The minimum absolute atomic E-state index is 0.0688. The number of nitrogens with one attached hydrogen (secondary N) is 1. The lowest BCUT2D eigenvalue weighted by atomic mass is 10.1. The predicted molar refractivity (Wildman–Crippen MR) is 106 cm³/mol. The van der Waals surface area contributed by atoms with E-state index < -0.39 is 10.0 Å². The molecule has 0 saturated carbocycles. The van der Waals surface area contributed by atoms with Gasteiger partial charge in [0.05, 0.1) is 7.11 Å². The van der Waals surface area contributed by atoms with E-state index in [2.05, 4.69) is 4.72 Å². The molecule has 0 spiro atoms. The summed E-state index contributed by atoms with van der Waals surface area (Å²) in [7, 11) is -0.779. The van der Waals surface area contributed by atoms with Crippen LogP contribution < -0.4 is 9.46 Å². The molecule has 0 saturated heterocycles. The summed E-state index contributed by atoms with van der Waals surface area (Å²) in [6, 6.07) is 11.3. The molecule has 2 aromatic rings. The number of rotatable bonds is 7. The third-order valence-electron chi connectivity index (χ3n) is 3.75. The van der Waals surface area contributed by atoms with Crippen LogP contribution in [0.25, 0.3) is 0 Å². The Hall–Kier alpha value is -2.09. The molecule has 0 fully saturated rings. The molecule has 0 aromatic heterocycles. The topological polar surface area (TPSA) is 75.7 Å². The highest BCUT2D eigenvalue weighted by molar-refractivity contribution is 7.89. The van der Waals surface area contributed by atoms with Crippen LogP contribution in [0, 0.1) is 0 Å². The van der Waals surface area contributed by atoms with E-state index in [1.54, 1.807) is 39.1 Å². The fourth-order valence-electron chi connectivity index (χ4n) is 2.59. The molecule has 0 aliphatic heterocycles. The third-order valence-corrected chi connectivity index (χ3v) is 5.66. The van der Waals surface area contributed by atoms with E-state index in [9.17, 15) is 13.2 Å². The fourth-order valence-corrected chi connectivity index (χ4v) is 4.25. The number of amides is 1. The van der Waals surface area contributed by atoms with Crippen molar-refractivity contribution in [3.63, 3.8) is 0 Å². The van der Waals surface area contributed by atoms with Gasteiger partial charge in [0.1, 0.15) is 10.6 Å². The van der Waals surface area contributed by atoms with Crippen LogP contribution in [0.2, 0.25) is 5.02 Å². The summed E-state index contributed by atoms with van der Waals surface area (Å²) in [5.41, 5.74) is 1.13. The van der Waals surface area contributed by atoms with Crippen LogP contribution in [0.15, 0.2) is 47.4 Å². The first-order chi connectivity index (χ1) is 12.6. The average molecular weight is 411 g/mol. The smallest absolute Gasteiger partial charge is 0.253 e. The second kappa shape index (κ2) is 8.73. The Morgan fingerprint density at radius 2 is 1.93 bits per heavy atom. The van der Waals surface area contributed by atoms with Crippen molar-refractivity contribution in [3.8, 4) is 5.75 Å². The van der Waals surface area contributed by atoms with Crippen LogP contribution in [0.4, 0.5) is 0 Å². The highest BCUT2D eigenvalue weighted by Crippen LogP contribution is 2.26. The summed E-state index contributed by atoms with van der Waals surface area (Å²) in [6.45, 7) is 3.79. The van der Waals surface area contributed by atoms with E-state index >= 15 is 0 Å². The molecule has 6 nitrogen and oxygen atoms in total. The van der Waals surface area contributed by atoms with E-state index in [1.807, 2.05) is 12.1 Å². The van der Waals surface area contributed by atoms with Crippen LogP contribution in [-0.4, -0.2) is 39.4 Å². The van der Waals surface area contributed by atoms with Crippen LogP contribution in [0.5, 0.6) is 5.75 Å². The number of methoxy groups -OCH3 is 1. The SMILES string of the molecule is COc1ccc(C(=O)N(C)Cc2cccc(Cl)c2)cc1S(=O)(=O)NC(C)C. The Labute approximate surface area is 165 Å². The molecule has 1 amide bonds. The van der Waals surface area contributed by atoms with Gasteiger partial charge in [-0.15, -0.1) is 0 Å². The largest absolute Gasteiger partial charge is 0.495 e. The van der Waals surface area contributed by atoms with E-state index in [0.717, 1.165) is 5.56 Å². The average Bonchev–Trinajstić information content (AvgIpc) is 2.59. The predicted octanol–water partition coefficient (Wildman–Crippen LogP) is 3.31. The van der Waals surface area contributed by atoms with Crippen LogP contribution in [0.1, 0.15) is 29.8 Å². The van der Waals surface area contributed by atoms with Gasteiger partial charge in [0, 0.05) is 30.2 Å². The summed E-state index contributed by atoms with van der Waals surface area (Å²) in [5, 5.41) is 0.589. The molecule has 1 N–H and O–H groups in total. The van der Waals surface area contributed by atoms with Gasteiger partial charge in [-0.25, -0.2) is 13.1 Å². The van der Waals surface area contributed by atoms with Gasteiger partial charge in [-0.3, -0.25) is 4.79 Å². The molecule has 0 aliphatic rings. The third kappa shape index (κ3) is 5.45. The molecular weight excluding hydrogens is 388 g/mol. The van der Waals surface area contributed by atoms with Crippen molar-refractivity contribution in [2.45, 2.75) is 31.3 Å². The minimum Gasteiger partial charge on any atom is -0.495 e. The van der Waals surface area contributed by atoms with E-state index in [4.69, 9.17) is 16.3 Å². The number of halogens is 1. The molecule has 0 heterocycles. The lowest BCUT2D eigenvalue weighted by Crippen LogP contribution is -2.31. The number of carbonyl (C=O) groups excluding carboxylic acids is 1. The number of ether oxygens (including phenoxy) is 1. The Morgan fingerprint density at radius 1 is 1.22 bits per heavy atom. The molecule has 146 valence electrons. The van der Waals surface area contributed by atoms with Crippen molar-refractivity contribution in [1.82, 2.24) is 9.62 Å². The maximum absolute atomic E-state index is 12.8. The first-order valence-corrected chi connectivity index (χ1v) is 10.2. The van der Waals surface area contributed by atoms with Gasteiger partial charge in [-0.2, -0.15) is 0 Å². The monoisotopic (exact) mass is 410 g/mol. The lowest BCUT2D eigenvalue weighted by molar-refractivity contribution is 0.0785. The van der Waals surface area contributed by atoms with Gasteiger partial charge >= 0.3 is 0 Å². The molecule has 0 radical (unpaired) electrons. The summed E-state index contributed by atoms with van der Waals surface area (Å²) in [5.74, 6) is -0.129. The van der Waals surface area contributed by atoms with E-state index in [-0.39, 0.29) is 28.2 Å². The first-order valence-electron chi connectivity index (χ1n) is 8.34. The number of hydrogen-bond donors (Lipinski definition) is 1. The number of hydrogen-bond acceptors (Lipinski definition) is 4. The summed E-state index contributed by atoms with van der Waals surface area (Å²) >= 11 is 5.98. The zero-order chi connectivity index (χ0) is 20.2. The van der Waals surface area contributed by atoms with Gasteiger partial charge in [0.2, 0.25) is 10.0 Å². The molecule has 0 atom stereocenters. The molecule has 0 aliphatic carbocycles. The van der Waals surface area contributed by atoms with Crippen molar-refractivity contribution < 1.29 is 17.9 Å². The van der Waals surface area contributed by atoms with Gasteiger partial charge in [-0.1, -0.05) is 23.7 Å². The molecule has 8 heteroatoms. The Bertz CT molecular complexity index is 929. The van der Waals surface area contributed by atoms with Crippen LogP contribution in [0.3, 0.4) is 0 Å². The van der Waals surface area contributed by atoms with E-state index in [1.165, 1.54) is 24.1 Å². The van der Waals surface area contributed by atoms with Crippen molar-refractivity contribution in [2.24, 2.45) is 0 Å². The zero-order valence-corrected chi connectivity index (χ0v) is 17.3. The number of carbonyl (C=O) groups is 1. The maximum Gasteiger partial charge on any atom is 0.253 e. The van der Waals surface area contributed by atoms with Gasteiger partial charge in [0.15, 0.2) is 0 Å². The van der Waals surface area contributed by atoms with Gasteiger partial charge in [-0.05, 0) is 49.7 Å². The van der Waals surface area contributed by atoms with E-state index in [0.29, 0.717) is 11.6 Å². The highest BCUT2D eigenvalue weighted by atomic mass is 35.5. The standard InChI is InChI=1S/C19H23ClN2O4S/c1-13(2)21-27(24,25)18-11-15(8-9-17(18)26-4)19(23)22(3)12-14-6-5-7-16(20)10-14/h5-11,13,21H,12H2,1-4H3. The minimum atomic E-state index is -3.81. The fraction of sp³-hybridized carbons (Fsp3) is 0.316.